The van der Waals surface area contributed by atoms with E-state index in [1.54, 1.807) is 24.3 Å². The second-order valence-electron chi connectivity index (χ2n) is 4.81. The van der Waals surface area contributed by atoms with Gasteiger partial charge in [0, 0.05) is 18.1 Å². The Bertz CT molecular complexity index is 431. The third-order valence-electron chi connectivity index (χ3n) is 3.46. The molecule has 4 nitrogen and oxygen atoms in total. The van der Waals surface area contributed by atoms with E-state index >= 15 is 0 Å². The van der Waals surface area contributed by atoms with Crippen LogP contribution in [0.4, 0.5) is 0 Å². The first-order chi connectivity index (χ1) is 9.19. The summed E-state index contributed by atoms with van der Waals surface area (Å²) in [5.74, 6) is 1.20. The summed E-state index contributed by atoms with van der Waals surface area (Å²) in [5.41, 5.74) is 5.63. The van der Waals surface area contributed by atoms with E-state index in [1.807, 2.05) is 4.90 Å². The summed E-state index contributed by atoms with van der Waals surface area (Å²) in [6.07, 6.45) is 1.97. The molecular formula is C14H19ClN2O2. The number of likely N-dealkylation sites (tertiary alicyclic amines) is 1. The number of hydrogen-bond acceptors (Lipinski definition) is 3. The molecule has 0 bridgehead atoms. The minimum absolute atomic E-state index is 0.0236. The monoisotopic (exact) mass is 282 g/mol. The molecule has 1 fully saturated rings. The number of piperidine rings is 1. The average molecular weight is 283 g/mol. The number of hydrogen-bond donors (Lipinski definition) is 1. The number of carbonyl (C=O) groups excluding carboxylic acids is 1. The number of nitrogens with zero attached hydrogens (tertiary/aromatic N) is 1. The zero-order valence-electron chi connectivity index (χ0n) is 10.8. The molecule has 0 unspecified atom stereocenters. The number of benzene rings is 1. The van der Waals surface area contributed by atoms with Crippen LogP contribution in [-0.4, -0.2) is 37.0 Å². The molecule has 1 amide bonds. The summed E-state index contributed by atoms with van der Waals surface area (Å²) in [6.45, 7) is 2.33. The Balaban J connectivity index is 1.79. The van der Waals surface area contributed by atoms with Gasteiger partial charge < -0.3 is 15.4 Å². The molecule has 5 heteroatoms. The first-order valence-electron chi connectivity index (χ1n) is 6.55. The number of carbonyl (C=O) groups is 1. The lowest BCUT2D eigenvalue weighted by Gasteiger charge is -2.31. The predicted octanol–water partition coefficient (Wildman–Crippen LogP) is 1.92. The van der Waals surface area contributed by atoms with E-state index in [1.165, 1.54) is 0 Å². The van der Waals surface area contributed by atoms with Gasteiger partial charge in [-0.05, 0) is 43.5 Å². The van der Waals surface area contributed by atoms with Gasteiger partial charge in [0.2, 0.25) is 0 Å². The number of amides is 1. The summed E-state index contributed by atoms with van der Waals surface area (Å²) >= 11 is 5.85. The molecule has 0 aliphatic carbocycles. The minimum Gasteiger partial charge on any atom is -0.484 e. The van der Waals surface area contributed by atoms with Crippen molar-refractivity contribution in [2.45, 2.75) is 12.8 Å². The van der Waals surface area contributed by atoms with Crippen LogP contribution in [0.2, 0.25) is 5.02 Å². The van der Waals surface area contributed by atoms with Crippen molar-refractivity contribution in [3.8, 4) is 5.75 Å². The van der Waals surface area contributed by atoms with Crippen LogP contribution in [0.3, 0.4) is 0 Å². The molecule has 1 saturated heterocycles. The Morgan fingerprint density at radius 2 is 2.16 bits per heavy atom. The van der Waals surface area contributed by atoms with Crippen molar-refractivity contribution in [1.82, 2.24) is 4.90 Å². The van der Waals surface area contributed by atoms with Crippen molar-refractivity contribution in [2.75, 3.05) is 26.2 Å². The molecule has 1 heterocycles. The van der Waals surface area contributed by atoms with Crippen molar-refractivity contribution in [1.29, 1.82) is 0 Å². The average Bonchev–Trinajstić information content (AvgIpc) is 2.45. The van der Waals surface area contributed by atoms with E-state index in [0.29, 0.717) is 23.2 Å². The lowest BCUT2D eigenvalue weighted by Crippen LogP contribution is -2.42. The lowest BCUT2D eigenvalue weighted by molar-refractivity contribution is -0.134. The fourth-order valence-corrected chi connectivity index (χ4v) is 2.39. The van der Waals surface area contributed by atoms with Crippen molar-refractivity contribution < 1.29 is 9.53 Å². The first kappa shape index (κ1) is 14.2. The minimum atomic E-state index is 0.0236. The molecule has 2 N–H and O–H groups in total. The molecular weight excluding hydrogens is 264 g/mol. The van der Waals surface area contributed by atoms with Crippen LogP contribution in [0.25, 0.3) is 0 Å². The molecule has 1 aliphatic heterocycles. The van der Waals surface area contributed by atoms with E-state index in [2.05, 4.69) is 0 Å². The van der Waals surface area contributed by atoms with Gasteiger partial charge in [0.25, 0.3) is 5.91 Å². The molecule has 104 valence electrons. The maximum absolute atomic E-state index is 12.0. The van der Waals surface area contributed by atoms with Gasteiger partial charge in [0.15, 0.2) is 6.61 Å². The van der Waals surface area contributed by atoms with E-state index < -0.39 is 0 Å². The first-order valence-corrected chi connectivity index (χ1v) is 6.93. The van der Waals surface area contributed by atoms with Crippen molar-refractivity contribution in [2.24, 2.45) is 11.7 Å². The van der Waals surface area contributed by atoms with Crippen LogP contribution >= 0.6 is 11.6 Å². The summed E-state index contributed by atoms with van der Waals surface area (Å²) in [6, 6.07) is 7.07. The van der Waals surface area contributed by atoms with Crippen LogP contribution in [0.15, 0.2) is 24.3 Å². The number of halogens is 1. The maximum Gasteiger partial charge on any atom is 0.260 e. The fourth-order valence-electron chi connectivity index (χ4n) is 2.21. The van der Waals surface area contributed by atoms with E-state index in [9.17, 15) is 4.79 Å². The Morgan fingerprint density at radius 1 is 1.42 bits per heavy atom. The van der Waals surface area contributed by atoms with Crippen LogP contribution in [0, 0.1) is 5.92 Å². The molecule has 0 saturated carbocycles. The molecule has 2 rings (SSSR count). The highest BCUT2D eigenvalue weighted by Gasteiger charge is 2.21. The molecule has 1 aromatic rings. The molecule has 0 radical (unpaired) electrons. The van der Waals surface area contributed by atoms with Gasteiger partial charge in [-0.15, -0.1) is 0 Å². The van der Waals surface area contributed by atoms with Gasteiger partial charge >= 0.3 is 0 Å². The van der Waals surface area contributed by atoms with Crippen LogP contribution in [-0.2, 0) is 4.79 Å². The zero-order valence-corrected chi connectivity index (χ0v) is 11.6. The quantitative estimate of drug-likeness (QED) is 0.918. The summed E-state index contributed by atoms with van der Waals surface area (Å²) < 4.78 is 5.45. The van der Waals surface area contributed by atoms with Crippen molar-refractivity contribution in [3.63, 3.8) is 0 Å². The Kier molecular flexibility index (Phi) is 5.05. The Labute approximate surface area is 118 Å². The van der Waals surface area contributed by atoms with Crippen LogP contribution in [0.5, 0.6) is 5.75 Å². The predicted molar refractivity (Wildman–Crippen MR) is 75.3 cm³/mol. The number of nitrogens with two attached hydrogens (primary N) is 1. The van der Waals surface area contributed by atoms with E-state index in [0.717, 1.165) is 25.9 Å². The third-order valence-corrected chi connectivity index (χ3v) is 3.69. The zero-order chi connectivity index (χ0) is 13.7. The van der Waals surface area contributed by atoms with Gasteiger partial charge in [-0.25, -0.2) is 0 Å². The smallest absolute Gasteiger partial charge is 0.260 e. The Hall–Kier alpha value is -1.26. The molecule has 0 spiro atoms. The summed E-state index contributed by atoms with van der Waals surface area (Å²) in [7, 11) is 0. The van der Waals surface area contributed by atoms with Gasteiger partial charge in [-0.1, -0.05) is 17.7 Å². The van der Waals surface area contributed by atoms with E-state index in [-0.39, 0.29) is 12.5 Å². The second-order valence-corrected chi connectivity index (χ2v) is 5.24. The highest BCUT2D eigenvalue weighted by atomic mass is 35.5. The molecule has 1 aromatic carbocycles. The number of ether oxygens (including phenoxy) is 1. The molecule has 0 aromatic heterocycles. The lowest BCUT2D eigenvalue weighted by atomic mass is 9.97. The van der Waals surface area contributed by atoms with Gasteiger partial charge in [0.1, 0.15) is 5.75 Å². The Morgan fingerprint density at radius 3 is 2.79 bits per heavy atom. The molecule has 0 atom stereocenters. The van der Waals surface area contributed by atoms with Crippen molar-refractivity contribution in [3.05, 3.63) is 29.3 Å². The van der Waals surface area contributed by atoms with Gasteiger partial charge in [-0.3, -0.25) is 4.79 Å². The van der Waals surface area contributed by atoms with E-state index in [4.69, 9.17) is 22.1 Å². The van der Waals surface area contributed by atoms with Crippen molar-refractivity contribution >= 4 is 17.5 Å². The number of rotatable bonds is 4. The SMILES string of the molecule is NCC1CCN(C(=O)COc2cccc(Cl)c2)CC1. The standard InChI is InChI=1S/C14H19ClN2O2/c15-12-2-1-3-13(8-12)19-10-14(18)17-6-4-11(9-16)5-7-17/h1-3,8,11H,4-7,9-10,16H2. The highest BCUT2D eigenvalue weighted by Crippen LogP contribution is 2.18. The van der Waals surface area contributed by atoms with Crippen LogP contribution < -0.4 is 10.5 Å². The molecule has 19 heavy (non-hydrogen) atoms. The third kappa shape index (κ3) is 4.11. The summed E-state index contributed by atoms with van der Waals surface area (Å²) in [5, 5.41) is 0.605. The van der Waals surface area contributed by atoms with Crippen LogP contribution in [0.1, 0.15) is 12.8 Å². The summed E-state index contributed by atoms with van der Waals surface area (Å²) in [4.78, 5) is 13.8. The highest BCUT2D eigenvalue weighted by molar-refractivity contribution is 6.30. The maximum atomic E-state index is 12.0. The van der Waals surface area contributed by atoms with Gasteiger partial charge in [0.05, 0.1) is 0 Å². The second kappa shape index (κ2) is 6.78. The van der Waals surface area contributed by atoms with Gasteiger partial charge in [-0.2, -0.15) is 0 Å². The molecule has 1 aliphatic rings. The fraction of sp³-hybridized carbons (Fsp3) is 0.500. The topological polar surface area (TPSA) is 55.6 Å². The largest absolute Gasteiger partial charge is 0.484 e. The normalized spacial score (nSPS) is 16.4.